The first kappa shape index (κ1) is 11.3. The number of aryl methyl sites for hydroxylation is 1. The Morgan fingerprint density at radius 2 is 2.43 bits per heavy atom. The molecule has 0 aliphatic rings. The summed E-state index contributed by atoms with van der Waals surface area (Å²) in [7, 11) is 0. The highest BCUT2D eigenvalue weighted by atomic mass is 32.2. The summed E-state index contributed by atoms with van der Waals surface area (Å²) in [6.45, 7) is 2.13. The van der Waals surface area contributed by atoms with E-state index in [1.165, 1.54) is 17.8 Å². The molecule has 2 N–H and O–H groups in total. The Hall–Kier alpha value is -0.810. The second-order valence-corrected chi connectivity index (χ2v) is 3.95. The molecule has 0 bridgehead atoms. The van der Waals surface area contributed by atoms with Crippen molar-refractivity contribution in [3.8, 4) is 0 Å². The number of H-pyrrole nitrogens is 1. The molecule has 1 rings (SSSR count). The van der Waals surface area contributed by atoms with Gasteiger partial charge in [-0.05, 0) is 6.42 Å². The van der Waals surface area contributed by atoms with Crippen LogP contribution < -0.4 is 5.56 Å². The number of aromatic amines is 1. The largest absolute Gasteiger partial charge is 0.396 e. The lowest BCUT2D eigenvalue weighted by Gasteiger charge is -2.01. The summed E-state index contributed by atoms with van der Waals surface area (Å²) in [6, 6.07) is 1.52. The van der Waals surface area contributed by atoms with E-state index < -0.39 is 0 Å². The lowest BCUT2D eigenvalue weighted by Crippen LogP contribution is -2.10. The standard InChI is InChI=1S/C9H14N2O2S/c1-2-3-7-6-8(13)11-9(10-7)14-5-4-12/h6,12H,2-5H2,1H3,(H,10,11,13). The average Bonchev–Trinajstić information content (AvgIpc) is 2.14. The fraction of sp³-hybridized carbons (Fsp3) is 0.556. The van der Waals surface area contributed by atoms with Gasteiger partial charge >= 0.3 is 0 Å². The zero-order valence-corrected chi connectivity index (χ0v) is 8.93. The van der Waals surface area contributed by atoms with Gasteiger partial charge < -0.3 is 10.1 Å². The molecule has 0 aliphatic carbocycles. The van der Waals surface area contributed by atoms with Crippen LogP contribution in [0.3, 0.4) is 0 Å². The first-order chi connectivity index (χ1) is 6.76. The van der Waals surface area contributed by atoms with Crippen molar-refractivity contribution in [3.05, 3.63) is 22.1 Å². The molecule has 0 spiro atoms. The number of rotatable bonds is 5. The normalized spacial score (nSPS) is 10.4. The van der Waals surface area contributed by atoms with E-state index in [2.05, 4.69) is 9.97 Å². The number of nitrogens with one attached hydrogen (secondary N) is 1. The Morgan fingerprint density at radius 1 is 1.64 bits per heavy atom. The number of thioether (sulfide) groups is 1. The van der Waals surface area contributed by atoms with E-state index in [0.717, 1.165) is 18.5 Å². The number of aromatic nitrogens is 2. The molecule has 0 aliphatic heterocycles. The van der Waals surface area contributed by atoms with Crippen molar-refractivity contribution < 1.29 is 5.11 Å². The van der Waals surface area contributed by atoms with Crippen molar-refractivity contribution in [3.63, 3.8) is 0 Å². The number of aliphatic hydroxyl groups excluding tert-OH is 1. The van der Waals surface area contributed by atoms with E-state index in [9.17, 15) is 4.79 Å². The second-order valence-electron chi connectivity index (χ2n) is 2.86. The molecule has 0 saturated heterocycles. The Bertz CT molecular complexity index is 338. The zero-order valence-electron chi connectivity index (χ0n) is 8.12. The fourth-order valence-corrected chi connectivity index (χ4v) is 1.72. The highest BCUT2D eigenvalue weighted by Crippen LogP contribution is 2.10. The first-order valence-corrected chi connectivity index (χ1v) is 5.58. The van der Waals surface area contributed by atoms with Crippen LogP contribution in [-0.4, -0.2) is 27.4 Å². The van der Waals surface area contributed by atoms with Gasteiger partial charge in [0.05, 0.1) is 6.61 Å². The molecule has 0 atom stereocenters. The summed E-state index contributed by atoms with van der Waals surface area (Å²) in [6.07, 6.45) is 1.79. The molecule has 1 aromatic heterocycles. The zero-order chi connectivity index (χ0) is 10.4. The smallest absolute Gasteiger partial charge is 0.251 e. The molecule has 5 heteroatoms. The van der Waals surface area contributed by atoms with Crippen molar-refractivity contribution in [2.75, 3.05) is 12.4 Å². The van der Waals surface area contributed by atoms with Crippen LogP contribution in [0.15, 0.2) is 16.0 Å². The SMILES string of the molecule is CCCc1cc(=O)[nH]c(SCCO)n1. The molecule has 78 valence electrons. The minimum Gasteiger partial charge on any atom is -0.396 e. The molecule has 4 nitrogen and oxygen atoms in total. The maximum absolute atomic E-state index is 11.2. The molecular weight excluding hydrogens is 200 g/mol. The number of nitrogens with zero attached hydrogens (tertiary/aromatic N) is 1. The van der Waals surface area contributed by atoms with Gasteiger partial charge in [0.25, 0.3) is 5.56 Å². The summed E-state index contributed by atoms with van der Waals surface area (Å²) in [5, 5.41) is 9.22. The molecule has 0 aromatic carbocycles. The van der Waals surface area contributed by atoms with E-state index in [1.807, 2.05) is 6.92 Å². The van der Waals surface area contributed by atoms with Crippen molar-refractivity contribution in [1.29, 1.82) is 0 Å². The van der Waals surface area contributed by atoms with Crippen molar-refractivity contribution in [2.24, 2.45) is 0 Å². The van der Waals surface area contributed by atoms with Gasteiger partial charge in [-0.2, -0.15) is 0 Å². The summed E-state index contributed by atoms with van der Waals surface area (Å²) in [5.74, 6) is 0.554. The lowest BCUT2D eigenvalue weighted by molar-refractivity contribution is 0.322. The van der Waals surface area contributed by atoms with Crippen LogP contribution >= 0.6 is 11.8 Å². The van der Waals surface area contributed by atoms with Gasteiger partial charge in [-0.1, -0.05) is 25.1 Å². The van der Waals surface area contributed by atoms with Gasteiger partial charge in [0.1, 0.15) is 0 Å². The molecule has 0 fully saturated rings. The Kier molecular flexibility index (Phi) is 4.69. The van der Waals surface area contributed by atoms with Crippen LogP contribution in [0.25, 0.3) is 0 Å². The van der Waals surface area contributed by atoms with E-state index >= 15 is 0 Å². The van der Waals surface area contributed by atoms with Crippen LogP contribution in [0.1, 0.15) is 19.0 Å². The minimum atomic E-state index is -0.121. The number of aliphatic hydroxyl groups is 1. The summed E-state index contributed by atoms with van der Waals surface area (Å²) in [5.41, 5.74) is 0.695. The van der Waals surface area contributed by atoms with Gasteiger partial charge in [0.2, 0.25) is 0 Å². The third-order valence-electron chi connectivity index (χ3n) is 1.61. The molecular formula is C9H14N2O2S. The maximum atomic E-state index is 11.2. The molecule has 0 radical (unpaired) electrons. The van der Waals surface area contributed by atoms with E-state index in [0.29, 0.717) is 10.9 Å². The highest BCUT2D eigenvalue weighted by molar-refractivity contribution is 7.99. The molecule has 1 aromatic rings. The van der Waals surface area contributed by atoms with E-state index in [4.69, 9.17) is 5.11 Å². The topological polar surface area (TPSA) is 66.0 Å². The van der Waals surface area contributed by atoms with Crippen molar-refractivity contribution in [1.82, 2.24) is 9.97 Å². The average molecular weight is 214 g/mol. The summed E-state index contributed by atoms with van der Waals surface area (Å²) < 4.78 is 0. The molecule has 1 heterocycles. The molecule has 14 heavy (non-hydrogen) atoms. The highest BCUT2D eigenvalue weighted by Gasteiger charge is 2.00. The predicted octanol–water partition coefficient (Wildman–Crippen LogP) is 0.807. The summed E-state index contributed by atoms with van der Waals surface area (Å²) in [4.78, 5) is 18.1. The second kappa shape index (κ2) is 5.82. The Labute approximate surface area is 86.8 Å². The van der Waals surface area contributed by atoms with Crippen molar-refractivity contribution in [2.45, 2.75) is 24.9 Å². The predicted molar refractivity (Wildman–Crippen MR) is 56.7 cm³/mol. The molecule has 0 unspecified atom stereocenters. The third kappa shape index (κ3) is 3.51. The van der Waals surface area contributed by atoms with E-state index in [1.54, 1.807) is 0 Å². The van der Waals surface area contributed by atoms with Crippen LogP contribution in [-0.2, 0) is 6.42 Å². The monoisotopic (exact) mass is 214 g/mol. The maximum Gasteiger partial charge on any atom is 0.251 e. The van der Waals surface area contributed by atoms with Gasteiger partial charge in [0, 0.05) is 17.5 Å². The minimum absolute atomic E-state index is 0.0897. The third-order valence-corrected chi connectivity index (χ3v) is 2.46. The van der Waals surface area contributed by atoms with E-state index in [-0.39, 0.29) is 12.2 Å². The Balaban J connectivity index is 2.78. The van der Waals surface area contributed by atoms with Gasteiger partial charge in [0.15, 0.2) is 5.16 Å². The lowest BCUT2D eigenvalue weighted by atomic mass is 10.2. The first-order valence-electron chi connectivity index (χ1n) is 4.60. The van der Waals surface area contributed by atoms with Crippen LogP contribution in [0.5, 0.6) is 0 Å². The van der Waals surface area contributed by atoms with Crippen molar-refractivity contribution >= 4 is 11.8 Å². The molecule has 0 amide bonds. The number of hydrogen-bond acceptors (Lipinski definition) is 4. The molecule has 0 saturated carbocycles. The van der Waals surface area contributed by atoms with Gasteiger partial charge in [-0.15, -0.1) is 0 Å². The van der Waals surface area contributed by atoms with Crippen LogP contribution in [0.2, 0.25) is 0 Å². The Morgan fingerprint density at radius 3 is 3.07 bits per heavy atom. The van der Waals surface area contributed by atoms with Gasteiger partial charge in [-0.3, -0.25) is 4.79 Å². The fourth-order valence-electron chi connectivity index (χ4n) is 1.08. The quantitative estimate of drug-likeness (QED) is 0.562. The number of hydrogen-bond donors (Lipinski definition) is 2. The van der Waals surface area contributed by atoms with Gasteiger partial charge in [-0.25, -0.2) is 4.98 Å². The van der Waals surface area contributed by atoms with Crippen LogP contribution in [0.4, 0.5) is 0 Å². The van der Waals surface area contributed by atoms with Crippen LogP contribution in [0, 0.1) is 0 Å². The summed E-state index contributed by atoms with van der Waals surface area (Å²) >= 11 is 1.36.